The fraction of sp³-hybridized carbons (Fsp3) is 0.400. The third-order valence-corrected chi connectivity index (χ3v) is 12.6. The van der Waals surface area contributed by atoms with Gasteiger partial charge in [0.25, 0.3) is 0 Å². The molecule has 4 aromatic carbocycles. The summed E-state index contributed by atoms with van der Waals surface area (Å²) in [5.74, 6) is 0.639. The van der Waals surface area contributed by atoms with Crippen LogP contribution in [-0.4, -0.2) is 6.71 Å². The summed E-state index contributed by atoms with van der Waals surface area (Å²) in [5.41, 5.74) is 18.9. The van der Waals surface area contributed by atoms with Crippen LogP contribution in [0.5, 0.6) is 0 Å². The summed E-state index contributed by atoms with van der Waals surface area (Å²) in [7, 11) is 0. The van der Waals surface area contributed by atoms with Gasteiger partial charge in [0, 0.05) is 22.6 Å². The van der Waals surface area contributed by atoms with Gasteiger partial charge in [0.1, 0.15) is 0 Å². The van der Waals surface area contributed by atoms with Gasteiger partial charge in [-0.3, -0.25) is 0 Å². The average Bonchev–Trinajstić information content (AvgIpc) is 3.32. The zero-order chi connectivity index (χ0) is 36.4. The van der Waals surface area contributed by atoms with Crippen LogP contribution in [-0.2, 0) is 11.8 Å². The van der Waals surface area contributed by atoms with Gasteiger partial charge < -0.3 is 4.90 Å². The number of fused-ring (bicyclic) bond motifs is 3. The van der Waals surface area contributed by atoms with Crippen LogP contribution in [0, 0.1) is 5.41 Å². The normalized spacial score (nSPS) is 17.9. The van der Waals surface area contributed by atoms with E-state index in [2.05, 4.69) is 151 Å². The van der Waals surface area contributed by atoms with Gasteiger partial charge in [-0.05, 0) is 118 Å². The molecule has 1 nitrogen and oxygen atoms in total. The second kappa shape index (κ2) is 13.4. The van der Waals surface area contributed by atoms with Crippen LogP contribution in [0.25, 0.3) is 21.9 Å². The smallest absolute Gasteiger partial charge is 0.247 e. The highest BCUT2D eigenvalue weighted by molar-refractivity contribution is 6.99. The molecule has 4 aromatic rings. The van der Waals surface area contributed by atoms with Crippen LogP contribution in [0.4, 0.5) is 11.4 Å². The van der Waals surface area contributed by atoms with Crippen molar-refractivity contribution < 1.29 is 0 Å². The third kappa shape index (κ3) is 6.05. The summed E-state index contributed by atoms with van der Waals surface area (Å²) in [6.07, 6.45) is 18.7. The van der Waals surface area contributed by atoms with Crippen molar-refractivity contribution in [2.75, 3.05) is 4.90 Å². The van der Waals surface area contributed by atoms with Crippen molar-refractivity contribution in [3.05, 3.63) is 135 Å². The predicted octanol–water partition coefficient (Wildman–Crippen LogP) is 13.6. The van der Waals surface area contributed by atoms with Gasteiger partial charge in [0.15, 0.2) is 0 Å². The van der Waals surface area contributed by atoms with Crippen molar-refractivity contribution in [2.45, 2.75) is 125 Å². The SMILES string of the molecule is CCCCc1cc(C2CCCCC2)cc2c1B(C1=CCC=C(C(C)(C)C)C=C1C)C1=C(c3cccc4cccc1c34)N2c1ccc(C(C)(C)C)cc1. The molecule has 0 radical (unpaired) electrons. The van der Waals surface area contributed by atoms with E-state index in [1.807, 2.05) is 0 Å². The van der Waals surface area contributed by atoms with E-state index >= 15 is 0 Å². The lowest BCUT2D eigenvalue weighted by Crippen LogP contribution is -2.45. The van der Waals surface area contributed by atoms with Crippen LogP contribution >= 0.6 is 0 Å². The molecule has 1 fully saturated rings. The largest absolute Gasteiger partial charge is 0.311 e. The highest BCUT2D eigenvalue weighted by atomic mass is 15.2. The van der Waals surface area contributed by atoms with Crippen molar-refractivity contribution in [1.82, 2.24) is 0 Å². The van der Waals surface area contributed by atoms with Crippen LogP contribution in [0.15, 0.2) is 108 Å². The minimum atomic E-state index is 0.0975. The second-order valence-electron chi connectivity index (χ2n) is 18.2. The number of nitrogens with zero attached hydrogens (tertiary/aromatic N) is 1. The monoisotopic (exact) mass is 683 g/mol. The van der Waals surface area contributed by atoms with Gasteiger partial charge in [-0.1, -0.05) is 164 Å². The van der Waals surface area contributed by atoms with Crippen molar-refractivity contribution in [1.29, 1.82) is 0 Å². The Hall–Kier alpha value is -4.04. The number of hydrogen-bond acceptors (Lipinski definition) is 1. The topological polar surface area (TPSA) is 3.24 Å². The standard InChI is InChI=1S/C50H58BN/c1-9-10-17-36-31-37(34-18-12-11-13-19-34)32-44-46(36)51(43-25-16-22-39(30-33(43)2)50(6,7)8)47-41-23-14-20-35-21-15-24-42(45(35)41)48(47)52(44)40-28-26-38(27-29-40)49(3,4)5/h14-15,20-32,34H,9-13,16-19H2,1-8H3. The zero-order valence-electron chi connectivity index (χ0n) is 33.1. The van der Waals surface area contributed by atoms with Crippen LogP contribution in [0.2, 0.25) is 0 Å². The highest BCUT2D eigenvalue weighted by Crippen LogP contribution is 2.53. The molecule has 0 amide bonds. The number of aryl methyl sites for hydroxylation is 1. The first-order valence-electron chi connectivity index (χ1n) is 20.4. The van der Waals surface area contributed by atoms with Gasteiger partial charge >= 0.3 is 0 Å². The molecule has 1 saturated carbocycles. The maximum Gasteiger partial charge on any atom is 0.247 e. The molecule has 4 aliphatic rings. The minimum Gasteiger partial charge on any atom is -0.311 e. The Morgan fingerprint density at radius 3 is 2.17 bits per heavy atom. The lowest BCUT2D eigenvalue weighted by atomic mass is 9.31. The molecule has 0 aromatic heterocycles. The Kier molecular flexibility index (Phi) is 9.04. The van der Waals surface area contributed by atoms with Gasteiger partial charge in [0.2, 0.25) is 6.71 Å². The van der Waals surface area contributed by atoms with E-state index in [0.717, 1.165) is 12.8 Å². The molecule has 52 heavy (non-hydrogen) atoms. The highest BCUT2D eigenvalue weighted by Gasteiger charge is 2.45. The first-order chi connectivity index (χ1) is 25.0. The molecular formula is C50H58BN. The third-order valence-electron chi connectivity index (χ3n) is 12.6. The van der Waals surface area contributed by atoms with Crippen molar-refractivity contribution in [2.24, 2.45) is 5.41 Å². The number of hydrogen-bond donors (Lipinski definition) is 0. The number of anilines is 2. The molecule has 0 unspecified atom stereocenters. The Labute approximate surface area is 314 Å². The van der Waals surface area contributed by atoms with Crippen molar-refractivity contribution in [3.8, 4) is 0 Å². The Balaban J connectivity index is 1.46. The lowest BCUT2D eigenvalue weighted by Gasteiger charge is -2.40. The van der Waals surface area contributed by atoms with Gasteiger partial charge in [-0.2, -0.15) is 0 Å². The number of rotatable bonds is 6. The molecule has 0 bridgehead atoms. The summed E-state index contributed by atoms with van der Waals surface area (Å²) >= 11 is 0. The first-order valence-corrected chi connectivity index (χ1v) is 20.4. The summed E-state index contributed by atoms with van der Waals surface area (Å²) in [6.45, 7) is 18.9. The summed E-state index contributed by atoms with van der Waals surface area (Å²) in [6, 6.07) is 29.0. The fourth-order valence-electron chi connectivity index (χ4n) is 9.73. The Morgan fingerprint density at radius 1 is 0.788 bits per heavy atom. The Bertz CT molecular complexity index is 2150. The molecule has 0 atom stereocenters. The molecule has 2 heteroatoms. The predicted molar refractivity (Wildman–Crippen MR) is 228 cm³/mol. The maximum absolute atomic E-state index is 2.71. The summed E-state index contributed by atoms with van der Waals surface area (Å²) in [5, 5.41) is 2.75. The molecule has 8 rings (SSSR count). The van der Waals surface area contributed by atoms with Crippen LogP contribution in [0.3, 0.4) is 0 Å². The van der Waals surface area contributed by atoms with Crippen LogP contribution < -0.4 is 10.4 Å². The van der Waals surface area contributed by atoms with Crippen LogP contribution in [0.1, 0.15) is 140 Å². The number of unbranched alkanes of at least 4 members (excludes halogenated alkanes) is 1. The molecule has 0 spiro atoms. The molecule has 1 aliphatic heterocycles. The van der Waals surface area contributed by atoms with E-state index in [1.54, 1.807) is 11.1 Å². The van der Waals surface area contributed by atoms with E-state index < -0.39 is 0 Å². The van der Waals surface area contributed by atoms with Gasteiger partial charge in [-0.15, -0.1) is 0 Å². The fourth-order valence-corrected chi connectivity index (χ4v) is 9.73. The molecule has 0 N–H and O–H groups in total. The lowest BCUT2D eigenvalue weighted by molar-refractivity contribution is 0.443. The van der Waals surface area contributed by atoms with E-state index in [0.29, 0.717) is 5.92 Å². The molecule has 0 saturated heterocycles. The summed E-state index contributed by atoms with van der Waals surface area (Å²) in [4.78, 5) is 2.71. The molecular weight excluding hydrogens is 625 g/mol. The first kappa shape index (κ1) is 35.0. The van der Waals surface area contributed by atoms with Gasteiger partial charge in [0.05, 0.1) is 0 Å². The number of benzene rings is 4. The van der Waals surface area contributed by atoms with Crippen molar-refractivity contribution >= 4 is 45.5 Å². The molecule has 3 aliphatic carbocycles. The van der Waals surface area contributed by atoms with E-state index in [4.69, 9.17) is 0 Å². The molecule has 266 valence electrons. The van der Waals surface area contributed by atoms with E-state index in [-0.39, 0.29) is 17.5 Å². The maximum atomic E-state index is 2.71. The quantitative estimate of drug-likeness (QED) is 0.183. The Morgan fingerprint density at radius 2 is 1.50 bits per heavy atom. The minimum absolute atomic E-state index is 0.0975. The van der Waals surface area contributed by atoms with E-state index in [1.165, 1.54) is 117 Å². The van der Waals surface area contributed by atoms with Gasteiger partial charge in [-0.25, -0.2) is 0 Å². The number of allylic oxidation sites excluding steroid dienone is 6. The zero-order valence-corrected chi connectivity index (χ0v) is 33.1. The average molecular weight is 684 g/mol. The molecule has 1 heterocycles. The van der Waals surface area contributed by atoms with Crippen molar-refractivity contribution in [3.63, 3.8) is 0 Å². The second-order valence-corrected chi connectivity index (χ2v) is 18.2. The van der Waals surface area contributed by atoms with E-state index in [9.17, 15) is 0 Å². The summed E-state index contributed by atoms with van der Waals surface area (Å²) < 4.78 is 0.